The van der Waals surface area contributed by atoms with Crippen molar-refractivity contribution in [2.24, 2.45) is 5.10 Å². The first kappa shape index (κ1) is 13.6. The summed E-state index contributed by atoms with van der Waals surface area (Å²) in [5.41, 5.74) is 2.93. The molecule has 0 spiro atoms. The fraction of sp³-hybridized carbons (Fsp3) is 0.0588. The maximum atomic E-state index is 12.5. The maximum absolute atomic E-state index is 12.5. The Morgan fingerprint density at radius 2 is 1.86 bits per heavy atom. The summed E-state index contributed by atoms with van der Waals surface area (Å²) in [6.07, 6.45) is 1.82. The van der Waals surface area contributed by atoms with Gasteiger partial charge in [0, 0.05) is 5.02 Å². The zero-order chi connectivity index (χ0) is 14.8. The lowest BCUT2D eigenvalue weighted by molar-refractivity contribution is -0.114. The molecule has 3 rings (SSSR count). The highest BCUT2D eigenvalue weighted by atomic mass is 35.5. The molecule has 0 saturated heterocycles. The third-order valence-corrected chi connectivity index (χ3v) is 3.46. The molecule has 1 aliphatic rings. The highest BCUT2D eigenvalue weighted by Gasteiger charge is 2.28. The summed E-state index contributed by atoms with van der Waals surface area (Å²) in [6.45, 7) is 1.83. The number of halogens is 1. The molecular weight excluding hydrogens is 284 g/mol. The molecule has 1 heterocycles. The van der Waals surface area contributed by atoms with Crippen LogP contribution in [0.5, 0.6) is 0 Å². The van der Waals surface area contributed by atoms with Crippen LogP contribution in [0.4, 0.5) is 5.69 Å². The summed E-state index contributed by atoms with van der Waals surface area (Å²) in [5, 5.41) is 6.40. The molecule has 0 aromatic heterocycles. The van der Waals surface area contributed by atoms with Crippen LogP contribution in [0.25, 0.3) is 6.08 Å². The lowest BCUT2D eigenvalue weighted by Crippen LogP contribution is -2.21. The predicted molar refractivity (Wildman–Crippen MR) is 86.5 cm³/mol. The van der Waals surface area contributed by atoms with Gasteiger partial charge in [0.25, 0.3) is 5.91 Å². The summed E-state index contributed by atoms with van der Waals surface area (Å²) in [5.74, 6) is -0.126. The summed E-state index contributed by atoms with van der Waals surface area (Å²) >= 11 is 5.97. The smallest absolute Gasteiger partial charge is 0.267 e. The number of carbonyl (C=O) groups excluding carboxylic acids is 1. The molecule has 0 radical (unpaired) electrons. The number of amides is 1. The molecule has 4 heteroatoms. The monoisotopic (exact) mass is 296 g/mol. The van der Waals surface area contributed by atoms with Crippen LogP contribution < -0.4 is 5.01 Å². The lowest BCUT2D eigenvalue weighted by atomic mass is 10.1. The summed E-state index contributed by atoms with van der Waals surface area (Å²) in [6, 6.07) is 16.8. The van der Waals surface area contributed by atoms with Gasteiger partial charge in [0.05, 0.1) is 17.0 Å². The average Bonchev–Trinajstić information content (AvgIpc) is 2.76. The van der Waals surface area contributed by atoms with Crippen molar-refractivity contribution < 1.29 is 4.79 Å². The number of anilines is 1. The fourth-order valence-corrected chi connectivity index (χ4v) is 2.39. The van der Waals surface area contributed by atoms with Gasteiger partial charge < -0.3 is 0 Å². The van der Waals surface area contributed by atoms with Crippen LogP contribution in [-0.4, -0.2) is 11.6 Å². The second kappa shape index (κ2) is 5.54. The Morgan fingerprint density at radius 3 is 2.57 bits per heavy atom. The Morgan fingerprint density at radius 1 is 1.10 bits per heavy atom. The molecule has 2 aromatic rings. The zero-order valence-electron chi connectivity index (χ0n) is 11.5. The van der Waals surface area contributed by atoms with E-state index in [1.165, 1.54) is 5.01 Å². The lowest BCUT2D eigenvalue weighted by Gasteiger charge is -2.11. The second-order valence-corrected chi connectivity index (χ2v) is 5.19. The SMILES string of the molecule is CC1=NN(c2ccccc2)C(=O)/C1=C\c1cccc(Cl)c1. The van der Waals surface area contributed by atoms with Gasteiger partial charge in [0.15, 0.2) is 0 Å². The predicted octanol–water partition coefficient (Wildman–Crippen LogP) is 4.15. The van der Waals surface area contributed by atoms with Crippen LogP contribution in [0.15, 0.2) is 65.3 Å². The van der Waals surface area contributed by atoms with Gasteiger partial charge in [-0.25, -0.2) is 0 Å². The maximum Gasteiger partial charge on any atom is 0.280 e. The van der Waals surface area contributed by atoms with Crippen molar-refractivity contribution in [2.75, 3.05) is 5.01 Å². The van der Waals surface area contributed by atoms with Gasteiger partial charge in [-0.2, -0.15) is 10.1 Å². The number of para-hydroxylation sites is 1. The Bertz CT molecular complexity index is 750. The van der Waals surface area contributed by atoms with E-state index in [9.17, 15) is 4.79 Å². The first-order valence-electron chi connectivity index (χ1n) is 6.57. The zero-order valence-corrected chi connectivity index (χ0v) is 12.2. The number of carbonyl (C=O) groups is 1. The number of benzene rings is 2. The van der Waals surface area contributed by atoms with Gasteiger partial charge in [-0.3, -0.25) is 4.79 Å². The van der Waals surface area contributed by atoms with Crippen molar-refractivity contribution in [3.8, 4) is 0 Å². The minimum absolute atomic E-state index is 0.126. The van der Waals surface area contributed by atoms with E-state index in [0.717, 1.165) is 11.3 Å². The van der Waals surface area contributed by atoms with Crippen LogP contribution in [0.2, 0.25) is 5.02 Å². The van der Waals surface area contributed by atoms with Crippen LogP contribution in [-0.2, 0) is 4.79 Å². The molecule has 0 N–H and O–H groups in total. The number of rotatable bonds is 2. The Hall–Kier alpha value is -2.39. The van der Waals surface area contributed by atoms with Gasteiger partial charge >= 0.3 is 0 Å². The molecule has 0 saturated carbocycles. The normalized spacial score (nSPS) is 16.5. The number of hydrogen-bond donors (Lipinski definition) is 0. The van der Waals surface area contributed by atoms with Crippen LogP contribution >= 0.6 is 11.6 Å². The summed E-state index contributed by atoms with van der Waals surface area (Å²) in [7, 11) is 0. The highest BCUT2D eigenvalue weighted by molar-refractivity contribution is 6.32. The topological polar surface area (TPSA) is 32.7 Å². The average molecular weight is 297 g/mol. The molecule has 0 fully saturated rings. The summed E-state index contributed by atoms with van der Waals surface area (Å²) < 4.78 is 0. The molecule has 1 aliphatic heterocycles. The third kappa shape index (κ3) is 2.73. The van der Waals surface area contributed by atoms with Crippen molar-refractivity contribution >= 4 is 35.0 Å². The van der Waals surface area contributed by atoms with Crippen molar-refractivity contribution in [1.82, 2.24) is 0 Å². The molecular formula is C17H13ClN2O. The third-order valence-electron chi connectivity index (χ3n) is 3.22. The van der Waals surface area contributed by atoms with Gasteiger partial charge in [-0.05, 0) is 42.8 Å². The summed E-state index contributed by atoms with van der Waals surface area (Å²) in [4.78, 5) is 12.5. The van der Waals surface area contributed by atoms with E-state index in [0.29, 0.717) is 16.3 Å². The highest BCUT2D eigenvalue weighted by Crippen LogP contribution is 2.25. The molecule has 0 aliphatic carbocycles. The molecule has 21 heavy (non-hydrogen) atoms. The number of hydrazone groups is 1. The van der Waals surface area contributed by atoms with Gasteiger partial charge in [0.1, 0.15) is 0 Å². The molecule has 104 valence electrons. The number of hydrogen-bond acceptors (Lipinski definition) is 2. The standard InChI is InChI=1S/C17H13ClN2O/c1-12-16(11-13-6-5-7-14(18)10-13)17(21)20(19-12)15-8-3-2-4-9-15/h2-11H,1H3/b16-11-. The van der Waals surface area contributed by atoms with E-state index in [4.69, 9.17) is 11.6 Å². The van der Waals surface area contributed by atoms with Crippen LogP contribution in [0, 0.1) is 0 Å². The minimum Gasteiger partial charge on any atom is -0.267 e. The van der Waals surface area contributed by atoms with E-state index in [1.807, 2.05) is 61.5 Å². The number of nitrogens with zero attached hydrogens (tertiary/aromatic N) is 2. The second-order valence-electron chi connectivity index (χ2n) is 4.75. The molecule has 0 bridgehead atoms. The molecule has 3 nitrogen and oxygen atoms in total. The Balaban J connectivity index is 1.96. The van der Waals surface area contributed by atoms with Crippen molar-refractivity contribution in [3.63, 3.8) is 0 Å². The van der Waals surface area contributed by atoms with Crippen molar-refractivity contribution in [1.29, 1.82) is 0 Å². The minimum atomic E-state index is -0.126. The molecule has 1 amide bonds. The van der Waals surface area contributed by atoms with Crippen LogP contribution in [0.1, 0.15) is 12.5 Å². The van der Waals surface area contributed by atoms with Gasteiger partial charge in [-0.15, -0.1) is 0 Å². The first-order valence-corrected chi connectivity index (χ1v) is 6.95. The molecule has 0 unspecified atom stereocenters. The van der Waals surface area contributed by atoms with Crippen molar-refractivity contribution in [3.05, 3.63) is 70.8 Å². The Labute approximate surface area is 128 Å². The quantitative estimate of drug-likeness (QED) is 0.766. The Kier molecular flexibility index (Phi) is 3.59. The fourth-order valence-electron chi connectivity index (χ4n) is 2.19. The van der Waals surface area contributed by atoms with Crippen molar-refractivity contribution in [2.45, 2.75) is 6.92 Å². The largest absolute Gasteiger partial charge is 0.280 e. The van der Waals surface area contributed by atoms with Crippen LogP contribution in [0.3, 0.4) is 0 Å². The van der Waals surface area contributed by atoms with Gasteiger partial charge in [-0.1, -0.05) is 41.9 Å². The molecule has 0 atom stereocenters. The van der Waals surface area contributed by atoms with E-state index in [2.05, 4.69) is 5.10 Å². The molecule has 2 aromatic carbocycles. The van der Waals surface area contributed by atoms with Gasteiger partial charge in [0.2, 0.25) is 0 Å². The first-order chi connectivity index (χ1) is 10.1. The van der Waals surface area contributed by atoms with E-state index in [-0.39, 0.29) is 5.91 Å². The van der Waals surface area contributed by atoms with E-state index >= 15 is 0 Å². The van der Waals surface area contributed by atoms with E-state index < -0.39 is 0 Å². The van der Waals surface area contributed by atoms with E-state index in [1.54, 1.807) is 6.07 Å².